The third kappa shape index (κ3) is 11.7. The Morgan fingerprint density at radius 2 is 1.44 bits per heavy atom. The van der Waals surface area contributed by atoms with Crippen LogP contribution >= 0.6 is 0 Å². The van der Waals surface area contributed by atoms with Gasteiger partial charge in [0.15, 0.2) is 0 Å². The largest absolute Gasteiger partial charge is 0.508 e. The van der Waals surface area contributed by atoms with Crippen molar-refractivity contribution in [3.05, 3.63) is 137 Å². The Hall–Kier alpha value is -5.62. The molecule has 1 atom stereocenters. The number of hydrogen-bond donors (Lipinski definition) is 1. The van der Waals surface area contributed by atoms with Gasteiger partial charge in [-0.25, -0.2) is 0 Å². The first kappa shape index (κ1) is 40.6. The molecule has 0 saturated carbocycles. The van der Waals surface area contributed by atoms with Crippen molar-refractivity contribution in [2.24, 2.45) is 0 Å². The van der Waals surface area contributed by atoms with Crippen molar-refractivity contribution in [1.82, 2.24) is 19.6 Å². The van der Waals surface area contributed by atoms with E-state index in [0.29, 0.717) is 51.4 Å². The predicted octanol–water partition coefficient (Wildman–Crippen LogP) is 6.32. The Morgan fingerprint density at radius 3 is 2.05 bits per heavy atom. The molecule has 55 heavy (non-hydrogen) atoms. The number of phenolic OH excluding ortho intramolecular Hbond substituents is 1. The van der Waals surface area contributed by atoms with E-state index in [0.717, 1.165) is 34.5 Å². The molecule has 12 heteroatoms. The molecule has 1 aliphatic heterocycles. The van der Waals surface area contributed by atoms with Gasteiger partial charge in [-0.05, 0) is 71.8 Å². The summed E-state index contributed by atoms with van der Waals surface area (Å²) in [6.45, 7) is 5.78. The van der Waals surface area contributed by atoms with Crippen molar-refractivity contribution >= 4 is 29.5 Å². The lowest BCUT2D eigenvalue weighted by atomic mass is 10.0. The van der Waals surface area contributed by atoms with E-state index >= 15 is 0 Å². The molecule has 1 heterocycles. The lowest BCUT2D eigenvalue weighted by molar-refractivity contribution is -0.143. The fraction of sp³-hybridized carbons (Fsp3) is 0.326. The summed E-state index contributed by atoms with van der Waals surface area (Å²) >= 11 is 0. The number of aromatic hydroxyl groups is 1. The second-order valence-corrected chi connectivity index (χ2v) is 14.0. The van der Waals surface area contributed by atoms with Crippen LogP contribution < -0.4 is 4.90 Å². The van der Waals surface area contributed by atoms with Crippen LogP contribution in [0.15, 0.2) is 109 Å². The maximum atomic E-state index is 14.5. The molecule has 4 aromatic carbocycles. The van der Waals surface area contributed by atoms with Gasteiger partial charge >= 0.3 is 6.18 Å². The van der Waals surface area contributed by atoms with Crippen LogP contribution in [-0.4, -0.2) is 102 Å². The van der Waals surface area contributed by atoms with Crippen molar-refractivity contribution < 1.29 is 32.7 Å². The van der Waals surface area contributed by atoms with Crippen LogP contribution in [0.5, 0.6) is 5.75 Å². The predicted molar refractivity (Wildman–Crippen MR) is 208 cm³/mol. The molecule has 290 valence electrons. The lowest BCUT2D eigenvalue weighted by Crippen LogP contribution is -2.51. The molecule has 1 aliphatic rings. The van der Waals surface area contributed by atoms with Gasteiger partial charge in [-0.15, -0.1) is 0 Å². The van der Waals surface area contributed by atoms with Gasteiger partial charge in [0, 0.05) is 84.5 Å². The van der Waals surface area contributed by atoms with Crippen molar-refractivity contribution in [3.63, 3.8) is 0 Å². The van der Waals surface area contributed by atoms with Crippen LogP contribution in [0.3, 0.4) is 0 Å². The summed E-state index contributed by atoms with van der Waals surface area (Å²) in [5, 5.41) is 9.88. The molecule has 1 fully saturated rings. The van der Waals surface area contributed by atoms with E-state index in [1.54, 1.807) is 37.1 Å². The zero-order valence-corrected chi connectivity index (χ0v) is 31.5. The average Bonchev–Trinajstić information content (AvgIpc) is 3.17. The van der Waals surface area contributed by atoms with Gasteiger partial charge in [0.2, 0.25) is 17.7 Å². The number of likely N-dealkylation sites (N-methyl/N-ethyl adjacent to an activating group) is 2. The number of phenols is 1. The molecule has 1 saturated heterocycles. The van der Waals surface area contributed by atoms with E-state index < -0.39 is 23.7 Å². The van der Waals surface area contributed by atoms with E-state index in [2.05, 4.69) is 4.90 Å². The van der Waals surface area contributed by atoms with Crippen LogP contribution in [0.2, 0.25) is 0 Å². The number of benzene rings is 4. The zero-order chi connectivity index (χ0) is 39.5. The third-order valence-electron chi connectivity index (χ3n) is 9.81. The van der Waals surface area contributed by atoms with Gasteiger partial charge in [0.05, 0.1) is 5.56 Å². The molecule has 1 N–H and O–H groups in total. The minimum absolute atomic E-state index is 0.0535. The highest BCUT2D eigenvalue weighted by Crippen LogP contribution is 2.29. The highest BCUT2D eigenvalue weighted by Gasteiger charge is 2.32. The minimum atomic E-state index is -4.48. The van der Waals surface area contributed by atoms with Gasteiger partial charge in [0.1, 0.15) is 11.8 Å². The maximum absolute atomic E-state index is 14.5. The number of rotatable bonds is 14. The van der Waals surface area contributed by atoms with E-state index in [1.165, 1.54) is 29.2 Å². The number of nitrogens with zero attached hydrogens (tertiary/aromatic N) is 5. The molecule has 0 spiro atoms. The molecule has 3 amide bonds. The first-order valence-corrected chi connectivity index (χ1v) is 18.3. The third-order valence-corrected chi connectivity index (χ3v) is 9.81. The number of carbonyl (C=O) groups is 3. The summed E-state index contributed by atoms with van der Waals surface area (Å²) < 4.78 is 39.6. The minimum Gasteiger partial charge on any atom is -0.508 e. The maximum Gasteiger partial charge on any atom is 0.416 e. The number of alkyl halides is 3. The van der Waals surface area contributed by atoms with E-state index in [-0.39, 0.29) is 30.5 Å². The standard InChI is InChI=1S/C43H48F3N5O4/c1-32(52)49-24-26-50(27-25-49)38-19-14-35(15-20-38)31-51(41(54)21-16-33-12-17-37(18-13-33)43(44,45)46)40(29-34-8-5-4-6-9-34)42(55)48(3)23-22-47(2)30-36-10-7-11-39(53)28-36/h4-21,28,40,53H,22-27,29-31H2,1-3H3. The van der Waals surface area contributed by atoms with Crippen LogP contribution in [0.1, 0.15) is 34.7 Å². The molecule has 0 aromatic heterocycles. The van der Waals surface area contributed by atoms with Crippen LogP contribution in [0.4, 0.5) is 18.9 Å². The fourth-order valence-corrected chi connectivity index (χ4v) is 6.58. The van der Waals surface area contributed by atoms with Gasteiger partial charge in [-0.2, -0.15) is 13.2 Å². The number of anilines is 1. The second-order valence-electron chi connectivity index (χ2n) is 14.0. The topological polar surface area (TPSA) is 87.6 Å². The number of halogens is 3. The first-order chi connectivity index (χ1) is 26.3. The quantitative estimate of drug-likeness (QED) is 0.152. The zero-order valence-electron chi connectivity index (χ0n) is 31.5. The van der Waals surface area contributed by atoms with Crippen LogP contribution in [0.25, 0.3) is 6.08 Å². The Morgan fingerprint density at radius 1 is 0.782 bits per heavy atom. The summed E-state index contributed by atoms with van der Waals surface area (Å²) in [6.07, 6.45) is -1.48. The smallest absolute Gasteiger partial charge is 0.416 e. The summed E-state index contributed by atoms with van der Waals surface area (Å²) in [4.78, 5) is 49.7. The van der Waals surface area contributed by atoms with Crippen molar-refractivity contribution in [3.8, 4) is 5.75 Å². The lowest BCUT2D eigenvalue weighted by Gasteiger charge is -2.36. The van der Waals surface area contributed by atoms with Gasteiger partial charge in [0.25, 0.3) is 0 Å². The molecular formula is C43H48F3N5O4. The summed E-state index contributed by atoms with van der Waals surface area (Å²) in [5.74, 6) is -0.488. The first-order valence-electron chi connectivity index (χ1n) is 18.3. The normalized spacial score (nSPS) is 13.9. The monoisotopic (exact) mass is 755 g/mol. The van der Waals surface area contributed by atoms with Crippen molar-refractivity contribution in [2.75, 3.05) is 58.3 Å². The molecule has 0 bridgehead atoms. The summed E-state index contributed by atoms with van der Waals surface area (Å²) in [5.41, 5.74) is 3.19. The van der Waals surface area contributed by atoms with Crippen molar-refractivity contribution in [2.45, 2.75) is 38.7 Å². The van der Waals surface area contributed by atoms with Crippen LogP contribution in [0, 0.1) is 0 Å². The highest BCUT2D eigenvalue weighted by atomic mass is 19.4. The summed E-state index contributed by atoms with van der Waals surface area (Å²) in [7, 11) is 3.64. The summed E-state index contributed by atoms with van der Waals surface area (Å²) in [6, 6.07) is 27.9. The molecule has 0 radical (unpaired) electrons. The Labute approximate surface area is 320 Å². The molecule has 0 aliphatic carbocycles. The second kappa shape index (κ2) is 18.6. The Balaban J connectivity index is 1.40. The van der Waals surface area contributed by atoms with Gasteiger partial charge in [-0.3, -0.25) is 14.4 Å². The number of piperazine rings is 1. The molecule has 4 aromatic rings. The average molecular weight is 756 g/mol. The van der Waals surface area contributed by atoms with E-state index in [1.807, 2.05) is 77.5 Å². The molecule has 1 unspecified atom stereocenters. The molecular weight excluding hydrogens is 707 g/mol. The number of hydrogen-bond acceptors (Lipinski definition) is 6. The number of carbonyl (C=O) groups excluding carboxylic acids is 3. The van der Waals surface area contributed by atoms with Crippen molar-refractivity contribution in [1.29, 1.82) is 0 Å². The Bertz CT molecular complexity index is 1910. The SMILES string of the molecule is CC(=O)N1CCN(c2ccc(CN(C(=O)C=Cc3ccc(C(F)(F)F)cc3)C(Cc3ccccc3)C(=O)N(C)CCN(C)Cc3cccc(O)c3)cc2)CC1. The van der Waals surface area contributed by atoms with E-state index in [9.17, 15) is 32.7 Å². The number of amides is 3. The molecule has 5 rings (SSSR count). The molecule has 9 nitrogen and oxygen atoms in total. The van der Waals surface area contributed by atoms with Gasteiger partial charge in [-0.1, -0.05) is 66.7 Å². The van der Waals surface area contributed by atoms with E-state index in [4.69, 9.17) is 0 Å². The fourth-order valence-electron chi connectivity index (χ4n) is 6.58. The Kier molecular flexibility index (Phi) is 13.7. The highest BCUT2D eigenvalue weighted by molar-refractivity contribution is 5.95. The van der Waals surface area contributed by atoms with Crippen LogP contribution in [-0.2, 0) is 40.1 Å². The van der Waals surface area contributed by atoms with Gasteiger partial charge < -0.3 is 29.6 Å².